The van der Waals surface area contributed by atoms with Gasteiger partial charge in [-0.15, -0.1) is 0 Å². The number of carbonyl (C=O) groups excluding carboxylic acids is 2. The zero-order chi connectivity index (χ0) is 16.4. The molecule has 0 saturated carbocycles. The zero-order valence-electron chi connectivity index (χ0n) is 12.8. The molecule has 0 bridgehead atoms. The predicted octanol–water partition coefficient (Wildman–Crippen LogP) is 2.51. The molecule has 0 fully saturated rings. The van der Waals surface area contributed by atoms with Crippen molar-refractivity contribution in [1.82, 2.24) is 5.32 Å². The van der Waals surface area contributed by atoms with Crippen LogP contribution in [0.25, 0.3) is 11.6 Å². The van der Waals surface area contributed by atoms with E-state index in [1.165, 1.54) is 0 Å². The molecule has 0 aliphatic carbocycles. The first-order valence-electron chi connectivity index (χ1n) is 7.02. The lowest BCUT2D eigenvalue weighted by Gasteiger charge is -2.18. The molecule has 0 atom stereocenters. The van der Waals surface area contributed by atoms with Crippen molar-refractivity contribution in [3.05, 3.63) is 59.2 Å². The molecule has 1 aliphatic heterocycles. The third-order valence-corrected chi connectivity index (χ3v) is 3.62. The smallest absolute Gasteiger partial charge is 0.258 e. The summed E-state index contributed by atoms with van der Waals surface area (Å²) in [5, 5.41) is 2.35. The molecule has 23 heavy (non-hydrogen) atoms. The molecule has 0 saturated heterocycles. The first-order chi connectivity index (χ1) is 11.1. The number of methoxy groups -OCH3 is 2. The van der Waals surface area contributed by atoms with Crippen LogP contribution in [0.15, 0.2) is 42.5 Å². The molecule has 2 aromatic carbocycles. The van der Waals surface area contributed by atoms with E-state index in [9.17, 15) is 9.59 Å². The fourth-order valence-electron chi connectivity index (χ4n) is 2.50. The zero-order valence-corrected chi connectivity index (χ0v) is 12.8. The highest BCUT2D eigenvalue weighted by Gasteiger charge is 2.26. The minimum atomic E-state index is -0.421. The van der Waals surface area contributed by atoms with Gasteiger partial charge in [0.15, 0.2) is 0 Å². The average Bonchev–Trinajstić information content (AvgIpc) is 2.58. The van der Waals surface area contributed by atoms with Crippen LogP contribution >= 0.6 is 0 Å². The van der Waals surface area contributed by atoms with Crippen LogP contribution in [-0.4, -0.2) is 26.0 Å². The van der Waals surface area contributed by atoms with Gasteiger partial charge in [0, 0.05) is 17.2 Å². The molecular formula is C18H15NO4. The quantitative estimate of drug-likeness (QED) is 0.699. The molecule has 0 radical (unpaired) electrons. The molecule has 1 aliphatic rings. The molecule has 5 nitrogen and oxygen atoms in total. The SMILES string of the molecule is COc1cc(/C=C2/C(=O)NC(=O)c3ccccc32)cc(OC)c1. The molecular weight excluding hydrogens is 294 g/mol. The maximum atomic E-state index is 12.2. The van der Waals surface area contributed by atoms with Crippen molar-refractivity contribution in [2.75, 3.05) is 14.2 Å². The Labute approximate surface area is 133 Å². The summed E-state index contributed by atoms with van der Waals surface area (Å²) in [6, 6.07) is 12.3. The highest BCUT2D eigenvalue weighted by atomic mass is 16.5. The van der Waals surface area contributed by atoms with Gasteiger partial charge in [0.25, 0.3) is 11.8 Å². The molecule has 5 heteroatoms. The Hall–Kier alpha value is -3.08. The van der Waals surface area contributed by atoms with Gasteiger partial charge >= 0.3 is 0 Å². The molecule has 1 heterocycles. The molecule has 2 amide bonds. The minimum absolute atomic E-state index is 0.383. The van der Waals surface area contributed by atoms with E-state index in [1.54, 1.807) is 62.8 Å². The number of hydrogen-bond donors (Lipinski definition) is 1. The van der Waals surface area contributed by atoms with Gasteiger partial charge < -0.3 is 9.47 Å². The number of carbonyl (C=O) groups is 2. The molecule has 116 valence electrons. The van der Waals surface area contributed by atoms with Gasteiger partial charge in [0.2, 0.25) is 0 Å². The van der Waals surface area contributed by atoms with Gasteiger partial charge in [-0.25, -0.2) is 0 Å². The number of benzene rings is 2. The van der Waals surface area contributed by atoms with Gasteiger partial charge in [-0.3, -0.25) is 14.9 Å². The van der Waals surface area contributed by atoms with E-state index in [0.717, 1.165) is 5.56 Å². The molecule has 1 N–H and O–H groups in total. The van der Waals surface area contributed by atoms with Gasteiger partial charge in [0.1, 0.15) is 11.5 Å². The number of ether oxygens (including phenoxy) is 2. The number of amides is 2. The molecule has 3 rings (SSSR count). The lowest BCUT2D eigenvalue weighted by Crippen LogP contribution is -2.36. The molecule has 0 aromatic heterocycles. The van der Waals surface area contributed by atoms with Crippen LogP contribution in [-0.2, 0) is 4.79 Å². The van der Waals surface area contributed by atoms with Crippen molar-refractivity contribution in [3.63, 3.8) is 0 Å². The van der Waals surface area contributed by atoms with Crippen molar-refractivity contribution in [2.24, 2.45) is 0 Å². The van der Waals surface area contributed by atoms with E-state index in [0.29, 0.717) is 28.2 Å². The second-order valence-corrected chi connectivity index (χ2v) is 5.03. The third-order valence-electron chi connectivity index (χ3n) is 3.62. The Morgan fingerprint density at radius 2 is 1.48 bits per heavy atom. The summed E-state index contributed by atoms with van der Waals surface area (Å²) in [7, 11) is 3.12. The van der Waals surface area contributed by atoms with Crippen LogP contribution in [0.4, 0.5) is 0 Å². The van der Waals surface area contributed by atoms with Crippen LogP contribution in [0.3, 0.4) is 0 Å². The van der Waals surface area contributed by atoms with E-state index >= 15 is 0 Å². The fourth-order valence-corrected chi connectivity index (χ4v) is 2.50. The van der Waals surface area contributed by atoms with Crippen molar-refractivity contribution < 1.29 is 19.1 Å². The maximum absolute atomic E-state index is 12.2. The minimum Gasteiger partial charge on any atom is -0.497 e. The topological polar surface area (TPSA) is 64.6 Å². The largest absolute Gasteiger partial charge is 0.497 e. The summed E-state index contributed by atoms with van der Waals surface area (Å²) >= 11 is 0. The summed E-state index contributed by atoms with van der Waals surface area (Å²) in [5.41, 5.74) is 2.27. The number of nitrogens with one attached hydrogen (secondary N) is 1. The van der Waals surface area contributed by atoms with E-state index in [4.69, 9.17) is 9.47 Å². The molecule has 2 aromatic rings. The summed E-state index contributed by atoms with van der Waals surface area (Å²) < 4.78 is 10.5. The summed E-state index contributed by atoms with van der Waals surface area (Å²) in [4.78, 5) is 24.1. The van der Waals surface area contributed by atoms with Crippen LogP contribution in [0, 0.1) is 0 Å². The first-order valence-corrected chi connectivity index (χ1v) is 7.02. The van der Waals surface area contributed by atoms with Crippen LogP contribution < -0.4 is 14.8 Å². The van der Waals surface area contributed by atoms with Crippen molar-refractivity contribution in [3.8, 4) is 11.5 Å². The second-order valence-electron chi connectivity index (χ2n) is 5.03. The summed E-state index contributed by atoms with van der Waals surface area (Å²) in [5.74, 6) is 0.440. The van der Waals surface area contributed by atoms with Crippen LogP contribution in [0.2, 0.25) is 0 Å². The maximum Gasteiger partial charge on any atom is 0.258 e. The van der Waals surface area contributed by atoms with Crippen molar-refractivity contribution in [1.29, 1.82) is 0 Å². The number of rotatable bonds is 3. The van der Waals surface area contributed by atoms with E-state index in [1.807, 2.05) is 0 Å². The van der Waals surface area contributed by atoms with E-state index in [2.05, 4.69) is 5.32 Å². The monoisotopic (exact) mass is 309 g/mol. The van der Waals surface area contributed by atoms with Crippen LogP contribution in [0.5, 0.6) is 11.5 Å². The lowest BCUT2D eigenvalue weighted by molar-refractivity contribution is -0.114. The third kappa shape index (κ3) is 2.81. The molecule has 0 spiro atoms. The first kappa shape index (κ1) is 14.8. The van der Waals surface area contributed by atoms with Crippen LogP contribution in [0.1, 0.15) is 21.5 Å². The second kappa shape index (κ2) is 5.96. The van der Waals surface area contributed by atoms with Crippen molar-refractivity contribution >= 4 is 23.5 Å². The number of hydrogen-bond acceptors (Lipinski definition) is 4. The number of imide groups is 1. The fraction of sp³-hybridized carbons (Fsp3) is 0.111. The Morgan fingerprint density at radius 3 is 2.09 bits per heavy atom. The Bertz CT molecular complexity index is 801. The Morgan fingerprint density at radius 1 is 0.870 bits per heavy atom. The number of fused-ring (bicyclic) bond motifs is 1. The highest BCUT2D eigenvalue weighted by Crippen LogP contribution is 2.29. The lowest BCUT2D eigenvalue weighted by atomic mass is 9.93. The predicted molar refractivity (Wildman–Crippen MR) is 86.3 cm³/mol. The van der Waals surface area contributed by atoms with Gasteiger partial charge in [0.05, 0.1) is 14.2 Å². The highest BCUT2D eigenvalue weighted by molar-refractivity contribution is 6.33. The van der Waals surface area contributed by atoms with E-state index in [-0.39, 0.29) is 5.91 Å². The standard InChI is InChI=1S/C18H15NO4/c1-22-12-7-11(8-13(10-12)23-2)9-16-14-5-3-4-6-15(14)17(20)19-18(16)21/h3-10H,1-2H3,(H,19,20,21)/b16-9+. The van der Waals surface area contributed by atoms with Gasteiger partial charge in [-0.2, -0.15) is 0 Å². The van der Waals surface area contributed by atoms with Gasteiger partial charge in [-0.05, 0) is 35.4 Å². The Kier molecular flexibility index (Phi) is 3.85. The normalized spacial score (nSPS) is 15.1. The Balaban J connectivity index is 2.14. The van der Waals surface area contributed by atoms with Gasteiger partial charge in [-0.1, -0.05) is 18.2 Å². The molecule has 0 unspecified atom stereocenters. The van der Waals surface area contributed by atoms with Crippen molar-refractivity contribution in [2.45, 2.75) is 0 Å². The summed E-state index contributed by atoms with van der Waals surface area (Å²) in [6.07, 6.45) is 1.71. The summed E-state index contributed by atoms with van der Waals surface area (Å²) in [6.45, 7) is 0. The van der Waals surface area contributed by atoms with E-state index < -0.39 is 5.91 Å². The average molecular weight is 309 g/mol.